The molecular weight excluding hydrogens is 406 g/mol. The highest BCUT2D eigenvalue weighted by Gasteiger charge is 2.34. The molecule has 0 saturated carbocycles. The summed E-state index contributed by atoms with van der Waals surface area (Å²) in [5, 5.41) is 3.04. The van der Waals surface area contributed by atoms with Gasteiger partial charge in [-0.2, -0.15) is 0 Å². The van der Waals surface area contributed by atoms with Crippen LogP contribution in [0.1, 0.15) is 49.8 Å². The highest BCUT2D eigenvalue weighted by Crippen LogP contribution is 2.36. The van der Waals surface area contributed by atoms with Gasteiger partial charge in [0.25, 0.3) is 0 Å². The van der Waals surface area contributed by atoms with E-state index in [0.717, 1.165) is 29.5 Å². The summed E-state index contributed by atoms with van der Waals surface area (Å²) in [5.41, 5.74) is 7.60. The van der Waals surface area contributed by atoms with Gasteiger partial charge in [0.05, 0.1) is 0 Å². The van der Waals surface area contributed by atoms with Gasteiger partial charge in [-0.15, -0.1) is 5.73 Å². The molecule has 0 aromatic heterocycles. The molecule has 0 spiro atoms. The second-order valence-corrected chi connectivity index (χ2v) is 8.09. The van der Waals surface area contributed by atoms with Crippen LogP contribution in [0.5, 0.6) is 0 Å². The molecule has 1 N–H and O–H groups in total. The molecule has 0 saturated heterocycles. The van der Waals surface area contributed by atoms with Crippen LogP contribution in [-0.2, 0) is 16.8 Å². The van der Waals surface area contributed by atoms with Gasteiger partial charge in [0.1, 0.15) is 6.61 Å². The van der Waals surface area contributed by atoms with Crippen LogP contribution >= 0.6 is 0 Å². The minimum Gasteiger partial charge on any atom is -0.445 e. The third kappa shape index (κ3) is 6.71. The number of carbonyl (C=O) groups is 1. The van der Waals surface area contributed by atoms with Gasteiger partial charge in [-0.25, -0.2) is 4.79 Å². The van der Waals surface area contributed by atoms with Crippen molar-refractivity contribution < 1.29 is 9.53 Å². The molecule has 3 aromatic rings. The molecule has 0 aliphatic carbocycles. The number of ether oxygens (including phenoxy) is 1. The topological polar surface area (TPSA) is 38.3 Å². The number of alkyl carbamates (subject to hydrolysis) is 1. The Kier molecular flexibility index (Phi) is 9.11. The number of rotatable bonds is 10. The first-order chi connectivity index (χ1) is 16.2. The number of amides is 1. The van der Waals surface area contributed by atoms with Crippen molar-refractivity contribution in [2.45, 2.75) is 45.1 Å². The predicted octanol–water partition coefficient (Wildman–Crippen LogP) is 7.19. The third-order valence-electron chi connectivity index (χ3n) is 6.01. The molecule has 3 rings (SSSR count). The van der Waals surface area contributed by atoms with Gasteiger partial charge in [-0.05, 0) is 47.6 Å². The number of allylic oxidation sites excluding steroid dienone is 1. The van der Waals surface area contributed by atoms with Gasteiger partial charge in [0.2, 0.25) is 0 Å². The summed E-state index contributed by atoms with van der Waals surface area (Å²) in [6.07, 6.45) is 4.39. The lowest BCUT2D eigenvalue weighted by Crippen LogP contribution is -2.41. The molecule has 3 aromatic carbocycles. The van der Waals surface area contributed by atoms with Gasteiger partial charge in [0.15, 0.2) is 0 Å². The van der Waals surface area contributed by atoms with Crippen LogP contribution in [-0.4, -0.2) is 12.6 Å². The Labute approximate surface area is 197 Å². The summed E-state index contributed by atoms with van der Waals surface area (Å²) < 4.78 is 5.49. The fourth-order valence-electron chi connectivity index (χ4n) is 4.01. The maximum atomic E-state index is 12.6. The van der Waals surface area contributed by atoms with Crippen LogP contribution < -0.4 is 5.32 Å². The lowest BCUT2D eigenvalue weighted by atomic mass is 9.72. The van der Waals surface area contributed by atoms with Crippen LogP contribution in [0.15, 0.2) is 108 Å². The number of carbonyl (C=O) groups excluding carboxylic acids is 1. The smallest absolute Gasteiger partial charge is 0.407 e. The van der Waals surface area contributed by atoms with Crippen LogP contribution in [0, 0.1) is 0 Å². The average Bonchev–Trinajstić information content (AvgIpc) is 2.89. The first-order valence-electron chi connectivity index (χ1n) is 11.7. The Morgan fingerprint density at radius 1 is 0.848 bits per heavy atom. The number of hydrogen-bond donors (Lipinski definition) is 1. The molecule has 0 radical (unpaired) electrons. The zero-order valence-corrected chi connectivity index (χ0v) is 19.6. The molecule has 0 aliphatic rings. The van der Waals surface area contributed by atoms with E-state index in [2.05, 4.69) is 55.2 Å². The normalized spacial score (nSPS) is 10.7. The lowest BCUT2D eigenvalue weighted by molar-refractivity contribution is 0.137. The zero-order valence-electron chi connectivity index (χ0n) is 19.6. The number of benzene rings is 3. The number of hydrogen-bond acceptors (Lipinski definition) is 2. The van der Waals surface area contributed by atoms with E-state index in [1.54, 1.807) is 0 Å². The molecule has 0 aliphatic heterocycles. The molecule has 0 heterocycles. The Bertz CT molecular complexity index is 1010. The molecule has 33 heavy (non-hydrogen) atoms. The monoisotopic (exact) mass is 439 g/mol. The standard InChI is InChI=1S/C30H33NO2/c1-3-25(4-2)17-14-22-30(27-18-10-6-11-19-27,28-20-12-7-13-21-28)24-31-29(32)33-23-26-15-8-5-9-16-26/h5-16,18-21H,3-4,22-24H2,1-2H3,(H,31,32). The van der Waals surface area contributed by atoms with Gasteiger partial charge in [-0.3, -0.25) is 0 Å². The second-order valence-electron chi connectivity index (χ2n) is 8.09. The Morgan fingerprint density at radius 3 is 1.88 bits per heavy atom. The Balaban J connectivity index is 1.89. The van der Waals surface area contributed by atoms with Gasteiger partial charge in [-0.1, -0.05) is 105 Å². The van der Waals surface area contributed by atoms with Crippen LogP contribution in [0.2, 0.25) is 0 Å². The summed E-state index contributed by atoms with van der Waals surface area (Å²) in [6, 6.07) is 30.4. The van der Waals surface area contributed by atoms with Crippen molar-refractivity contribution in [1.29, 1.82) is 0 Å². The van der Waals surface area contributed by atoms with E-state index in [1.807, 2.05) is 66.7 Å². The lowest BCUT2D eigenvalue weighted by Gasteiger charge is -2.34. The van der Waals surface area contributed by atoms with E-state index in [9.17, 15) is 4.79 Å². The fourth-order valence-corrected chi connectivity index (χ4v) is 4.01. The Hall–Kier alpha value is -3.55. The van der Waals surface area contributed by atoms with Crippen molar-refractivity contribution in [3.63, 3.8) is 0 Å². The van der Waals surface area contributed by atoms with E-state index >= 15 is 0 Å². The molecule has 3 heteroatoms. The number of nitrogens with one attached hydrogen (secondary N) is 1. The molecule has 0 bridgehead atoms. The van der Waals surface area contributed by atoms with E-state index in [1.165, 1.54) is 5.57 Å². The summed E-state index contributed by atoms with van der Waals surface area (Å²) in [4.78, 5) is 12.6. The van der Waals surface area contributed by atoms with Crippen molar-refractivity contribution in [2.75, 3.05) is 6.54 Å². The predicted molar refractivity (Wildman–Crippen MR) is 135 cm³/mol. The minimum absolute atomic E-state index is 0.245. The molecule has 3 nitrogen and oxygen atoms in total. The zero-order chi connectivity index (χ0) is 23.4. The summed E-state index contributed by atoms with van der Waals surface area (Å²) in [7, 11) is 0. The summed E-state index contributed by atoms with van der Waals surface area (Å²) in [5.74, 6) is 0. The van der Waals surface area contributed by atoms with Gasteiger partial charge < -0.3 is 10.1 Å². The van der Waals surface area contributed by atoms with E-state index in [0.29, 0.717) is 13.0 Å². The third-order valence-corrected chi connectivity index (χ3v) is 6.01. The molecule has 0 unspecified atom stereocenters. The highest BCUT2D eigenvalue weighted by atomic mass is 16.5. The van der Waals surface area contributed by atoms with Gasteiger partial charge in [0, 0.05) is 12.0 Å². The van der Waals surface area contributed by atoms with Gasteiger partial charge >= 0.3 is 6.09 Å². The van der Waals surface area contributed by atoms with Crippen molar-refractivity contribution in [3.05, 3.63) is 125 Å². The van der Waals surface area contributed by atoms with Crippen molar-refractivity contribution >= 4 is 6.09 Å². The van der Waals surface area contributed by atoms with E-state index in [4.69, 9.17) is 4.74 Å². The van der Waals surface area contributed by atoms with Crippen LogP contribution in [0.3, 0.4) is 0 Å². The molecule has 1 amide bonds. The molecule has 170 valence electrons. The first kappa shape index (κ1) is 24.1. The van der Waals surface area contributed by atoms with E-state index in [-0.39, 0.29) is 6.61 Å². The fraction of sp³-hybridized carbons (Fsp3) is 0.267. The molecule has 0 fully saturated rings. The van der Waals surface area contributed by atoms with Crippen LogP contribution in [0.25, 0.3) is 0 Å². The largest absolute Gasteiger partial charge is 0.445 e. The summed E-state index contributed by atoms with van der Waals surface area (Å²) in [6.45, 7) is 4.98. The summed E-state index contributed by atoms with van der Waals surface area (Å²) >= 11 is 0. The molecular formula is C30H33NO2. The maximum Gasteiger partial charge on any atom is 0.407 e. The first-order valence-corrected chi connectivity index (χ1v) is 11.7. The highest BCUT2D eigenvalue weighted by molar-refractivity contribution is 5.67. The van der Waals surface area contributed by atoms with Crippen LogP contribution in [0.4, 0.5) is 4.79 Å². The minimum atomic E-state index is -0.437. The van der Waals surface area contributed by atoms with Crippen molar-refractivity contribution in [2.24, 2.45) is 0 Å². The molecule has 0 atom stereocenters. The quantitative estimate of drug-likeness (QED) is 0.340. The Morgan fingerprint density at radius 2 is 1.36 bits per heavy atom. The van der Waals surface area contributed by atoms with E-state index < -0.39 is 11.5 Å². The van der Waals surface area contributed by atoms with Crippen molar-refractivity contribution in [1.82, 2.24) is 5.32 Å². The average molecular weight is 440 g/mol. The maximum absolute atomic E-state index is 12.6. The van der Waals surface area contributed by atoms with Crippen molar-refractivity contribution in [3.8, 4) is 0 Å². The SMILES string of the molecule is CCC(=C=CCC(CNC(=O)OCc1ccccc1)(c1ccccc1)c1ccccc1)CC. The second kappa shape index (κ2) is 12.5.